The topological polar surface area (TPSA) is 66.6 Å². The first kappa shape index (κ1) is 23.9. The van der Waals surface area contributed by atoms with Crippen molar-refractivity contribution < 1.29 is 22.8 Å². The van der Waals surface area contributed by atoms with Crippen LogP contribution >= 0.6 is 0 Å². The van der Waals surface area contributed by atoms with E-state index in [-0.39, 0.29) is 41.8 Å². The van der Waals surface area contributed by atoms with Crippen LogP contribution in [0.1, 0.15) is 60.0 Å². The third kappa shape index (κ3) is 4.81. The van der Waals surface area contributed by atoms with Gasteiger partial charge in [0.15, 0.2) is 11.6 Å². The van der Waals surface area contributed by atoms with E-state index in [9.17, 15) is 22.8 Å². The van der Waals surface area contributed by atoms with Gasteiger partial charge in [-0.15, -0.1) is 0 Å². The first-order chi connectivity index (χ1) is 16.8. The van der Waals surface area contributed by atoms with Gasteiger partial charge in [-0.1, -0.05) is 12.1 Å². The van der Waals surface area contributed by atoms with Crippen LogP contribution in [0.25, 0.3) is 0 Å². The molecule has 0 aromatic heterocycles. The summed E-state index contributed by atoms with van der Waals surface area (Å²) in [5, 5.41) is 0. The average Bonchev–Trinajstić information content (AvgIpc) is 3.35. The number of nitrogens with zero attached hydrogens (tertiary/aromatic N) is 2. The van der Waals surface area contributed by atoms with E-state index < -0.39 is 23.5 Å². The third-order valence-corrected chi connectivity index (χ3v) is 7.87. The molecule has 2 N–H and O–H groups in total. The Hall–Kier alpha value is -2.87. The molecular weight excluding hydrogens is 455 g/mol. The fourth-order valence-corrected chi connectivity index (χ4v) is 6.08. The molecule has 3 heterocycles. The standard InChI is InChI=1S/C27H30F3N3O2/c28-22-14-24(30)23(29)12-18(22)13-25(31)19-10-20-6-7-21(11-19)33(20)27(35)17-4-1-3-16(9-17)15-32-8-2-5-26(32)34/h1,3-4,9,12,14,19-21,25H,2,5-8,10-11,13,15,31H2/t19?,20-,21+,25?. The molecule has 3 fully saturated rings. The number of likely N-dealkylation sites (tertiary alicyclic amines) is 1. The number of halogens is 3. The number of carbonyl (C=O) groups excluding carboxylic acids is 2. The zero-order valence-electron chi connectivity index (χ0n) is 19.6. The van der Waals surface area contributed by atoms with Crippen LogP contribution in [0.4, 0.5) is 13.2 Å². The van der Waals surface area contributed by atoms with Gasteiger partial charge in [-0.25, -0.2) is 13.2 Å². The lowest BCUT2D eigenvalue weighted by molar-refractivity contribution is -0.128. The SMILES string of the molecule is NC(Cc1cc(F)c(F)cc1F)C1C[C@H]2CC[C@@H](C1)N2C(=O)c1cccc(CN2CCCC2=O)c1. The highest BCUT2D eigenvalue weighted by atomic mass is 19.2. The Kier molecular flexibility index (Phi) is 6.57. The summed E-state index contributed by atoms with van der Waals surface area (Å²) in [5.74, 6) is -2.86. The van der Waals surface area contributed by atoms with Crippen molar-refractivity contribution in [2.24, 2.45) is 11.7 Å². The van der Waals surface area contributed by atoms with Crippen molar-refractivity contribution >= 4 is 11.8 Å². The Balaban J connectivity index is 1.25. The molecule has 35 heavy (non-hydrogen) atoms. The number of hydrogen-bond donors (Lipinski definition) is 1. The largest absolute Gasteiger partial charge is 0.338 e. The maximum absolute atomic E-state index is 14.1. The quantitative estimate of drug-likeness (QED) is 0.625. The molecule has 8 heteroatoms. The van der Waals surface area contributed by atoms with E-state index in [4.69, 9.17) is 5.73 Å². The molecule has 5 nitrogen and oxygen atoms in total. The number of benzene rings is 2. The van der Waals surface area contributed by atoms with Crippen molar-refractivity contribution in [1.29, 1.82) is 0 Å². The van der Waals surface area contributed by atoms with Gasteiger partial charge >= 0.3 is 0 Å². The fraction of sp³-hybridized carbons (Fsp3) is 0.481. The normalized spacial score (nSPS) is 24.8. The van der Waals surface area contributed by atoms with E-state index in [0.29, 0.717) is 37.4 Å². The summed E-state index contributed by atoms with van der Waals surface area (Å²) in [6.07, 6.45) is 4.77. The summed E-state index contributed by atoms with van der Waals surface area (Å²) < 4.78 is 41.0. The molecule has 2 amide bonds. The van der Waals surface area contributed by atoms with Gasteiger partial charge in [0.25, 0.3) is 5.91 Å². The molecule has 0 spiro atoms. The van der Waals surface area contributed by atoms with Crippen molar-refractivity contribution in [3.63, 3.8) is 0 Å². The summed E-state index contributed by atoms with van der Waals surface area (Å²) >= 11 is 0. The Bertz CT molecular complexity index is 1130. The molecule has 186 valence electrons. The van der Waals surface area contributed by atoms with E-state index in [0.717, 1.165) is 37.4 Å². The molecule has 0 aliphatic carbocycles. The van der Waals surface area contributed by atoms with Crippen LogP contribution in [0.15, 0.2) is 36.4 Å². The lowest BCUT2D eigenvalue weighted by Gasteiger charge is -2.41. The molecule has 2 bridgehead atoms. The van der Waals surface area contributed by atoms with E-state index in [1.807, 2.05) is 34.1 Å². The zero-order chi connectivity index (χ0) is 24.7. The number of carbonyl (C=O) groups is 2. The first-order valence-corrected chi connectivity index (χ1v) is 12.4. The van der Waals surface area contributed by atoms with Crippen LogP contribution in [-0.4, -0.2) is 46.3 Å². The lowest BCUT2D eigenvalue weighted by Crippen LogP contribution is -2.50. The van der Waals surface area contributed by atoms with Crippen LogP contribution in [-0.2, 0) is 17.8 Å². The van der Waals surface area contributed by atoms with Crippen LogP contribution in [0.5, 0.6) is 0 Å². The molecular formula is C27H30F3N3O2. The van der Waals surface area contributed by atoms with Gasteiger partial charge < -0.3 is 15.5 Å². The van der Waals surface area contributed by atoms with Gasteiger partial charge in [-0.2, -0.15) is 0 Å². The molecule has 2 aromatic carbocycles. The minimum Gasteiger partial charge on any atom is -0.338 e. The average molecular weight is 486 g/mol. The second-order valence-corrected chi connectivity index (χ2v) is 10.2. The maximum atomic E-state index is 14.1. The highest BCUT2D eigenvalue weighted by Crippen LogP contribution is 2.41. The van der Waals surface area contributed by atoms with Gasteiger partial charge in [0.1, 0.15) is 5.82 Å². The summed E-state index contributed by atoms with van der Waals surface area (Å²) in [4.78, 5) is 29.3. The maximum Gasteiger partial charge on any atom is 0.254 e. The Morgan fingerprint density at radius 3 is 2.43 bits per heavy atom. The number of fused-ring (bicyclic) bond motifs is 2. The van der Waals surface area contributed by atoms with Crippen molar-refractivity contribution in [1.82, 2.24) is 9.80 Å². The minimum absolute atomic E-state index is 0.00855. The van der Waals surface area contributed by atoms with Gasteiger partial charge in [-0.05, 0) is 73.8 Å². The molecule has 4 atom stereocenters. The monoisotopic (exact) mass is 485 g/mol. The summed E-state index contributed by atoms with van der Waals surface area (Å²) in [6.45, 7) is 1.27. The molecule has 2 aromatic rings. The first-order valence-electron chi connectivity index (χ1n) is 12.4. The predicted octanol–water partition coefficient (Wildman–Crippen LogP) is 4.18. The van der Waals surface area contributed by atoms with Gasteiger partial charge in [0.2, 0.25) is 5.91 Å². The molecule has 5 rings (SSSR count). The molecule has 2 unspecified atom stereocenters. The van der Waals surface area contributed by atoms with Crippen molar-refractivity contribution in [3.05, 3.63) is 70.5 Å². The second-order valence-electron chi connectivity index (χ2n) is 10.2. The van der Waals surface area contributed by atoms with Crippen molar-refractivity contribution in [2.75, 3.05) is 6.54 Å². The number of piperidine rings is 1. The van der Waals surface area contributed by atoms with Crippen LogP contribution in [0.3, 0.4) is 0 Å². The summed E-state index contributed by atoms with van der Waals surface area (Å²) in [6, 6.07) is 8.67. The van der Waals surface area contributed by atoms with Crippen molar-refractivity contribution in [2.45, 2.75) is 69.6 Å². The number of rotatable bonds is 6. The number of nitrogens with two attached hydrogens (primary N) is 1. The van der Waals surface area contributed by atoms with Crippen LogP contribution < -0.4 is 5.73 Å². The van der Waals surface area contributed by atoms with E-state index in [1.54, 1.807) is 0 Å². The Morgan fingerprint density at radius 2 is 1.74 bits per heavy atom. The van der Waals surface area contributed by atoms with Gasteiger partial charge in [-0.3, -0.25) is 9.59 Å². The Labute approximate surface area is 203 Å². The van der Waals surface area contributed by atoms with Gasteiger partial charge in [0, 0.05) is 49.3 Å². The number of hydrogen-bond acceptors (Lipinski definition) is 3. The van der Waals surface area contributed by atoms with Crippen molar-refractivity contribution in [3.8, 4) is 0 Å². The van der Waals surface area contributed by atoms with E-state index in [2.05, 4.69) is 0 Å². The highest BCUT2D eigenvalue weighted by Gasteiger charge is 2.44. The Morgan fingerprint density at radius 1 is 1.03 bits per heavy atom. The molecule has 3 aliphatic heterocycles. The third-order valence-electron chi connectivity index (χ3n) is 7.87. The number of amides is 2. The van der Waals surface area contributed by atoms with E-state index in [1.165, 1.54) is 0 Å². The van der Waals surface area contributed by atoms with E-state index >= 15 is 0 Å². The summed E-state index contributed by atoms with van der Waals surface area (Å²) in [5.41, 5.74) is 8.06. The van der Waals surface area contributed by atoms with Crippen LogP contribution in [0, 0.1) is 23.4 Å². The summed E-state index contributed by atoms with van der Waals surface area (Å²) in [7, 11) is 0. The fourth-order valence-electron chi connectivity index (χ4n) is 6.08. The lowest BCUT2D eigenvalue weighted by atomic mass is 9.82. The molecule has 3 saturated heterocycles. The highest BCUT2D eigenvalue weighted by molar-refractivity contribution is 5.95. The molecule has 0 saturated carbocycles. The van der Waals surface area contributed by atoms with Gasteiger partial charge in [0.05, 0.1) is 0 Å². The molecule has 3 aliphatic rings. The second kappa shape index (κ2) is 9.64. The van der Waals surface area contributed by atoms with Crippen LogP contribution in [0.2, 0.25) is 0 Å². The predicted molar refractivity (Wildman–Crippen MR) is 125 cm³/mol. The zero-order valence-corrected chi connectivity index (χ0v) is 19.6. The minimum atomic E-state index is -1.21. The smallest absolute Gasteiger partial charge is 0.254 e. The molecule has 0 radical (unpaired) electrons.